The van der Waals surface area contributed by atoms with Crippen LogP contribution in [0.15, 0.2) is 24.4 Å². The third-order valence-corrected chi connectivity index (χ3v) is 5.74. The van der Waals surface area contributed by atoms with E-state index >= 15 is 0 Å². The molecule has 0 saturated heterocycles. The molecule has 4 heteroatoms. The third kappa shape index (κ3) is 2.27. The van der Waals surface area contributed by atoms with Crippen LogP contribution in [-0.2, 0) is 6.42 Å². The molecule has 0 bridgehead atoms. The van der Waals surface area contributed by atoms with E-state index in [1.54, 1.807) is 0 Å². The van der Waals surface area contributed by atoms with Gasteiger partial charge in [0.2, 0.25) is 0 Å². The quantitative estimate of drug-likeness (QED) is 0.858. The van der Waals surface area contributed by atoms with Crippen LogP contribution in [0.5, 0.6) is 0 Å². The fourth-order valence-corrected chi connectivity index (χ4v) is 4.39. The Bertz CT molecular complexity index is 692. The Kier molecular flexibility index (Phi) is 3.71. The van der Waals surface area contributed by atoms with E-state index in [1.165, 1.54) is 42.3 Å². The smallest absolute Gasteiger partial charge is 0.136 e. The van der Waals surface area contributed by atoms with Crippen molar-refractivity contribution in [2.75, 3.05) is 18.0 Å². The molecule has 2 aliphatic rings. The van der Waals surface area contributed by atoms with Crippen LogP contribution < -0.4 is 10.6 Å². The van der Waals surface area contributed by atoms with E-state index in [9.17, 15) is 0 Å². The van der Waals surface area contributed by atoms with Crippen LogP contribution in [0, 0.1) is 5.92 Å². The Morgan fingerprint density at radius 2 is 2.05 bits per heavy atom. The van der Waals surface area contributed by atoms with Crippen LogP contribution in [-0.4, -0.2) is 24.1 Å². The SMILES string of the molecule is NCC1CCC(N2CCc3cnc(Cl)c4cccc2c34)CC1. The van der Waals surface area contributed by atoms with Gasteiger partial charge in [0.25, 0.3) is 0 Å². The summed E-state index contributed by atoms with van der Waals surface area (Å²) in [5.74, 6) is 0.725. The van der Waals surface area contributed by atoms with Crippen LogP contribution in [0.4, 0.5) is 5.69 Å². The predicted molar refractivity (Wildman–Crippen MR) is 92.6 cm³/mol. The normalized spacial score (nSPS) is 24.7. The maximum absolute atomic E-state index is 6.31. The van der Waals surface area contributed by atoms with Crippen molar-refractivity contribution in [2.24, 2.45) is 11.7 Å². The molecule has 116 valence electrons. The molecule has 22 heavy (non-hydrogen) atoms. The molecule has 3 nitrogen and oxygen atoms in total. The van der Waals surface area contributed by atoms with Crippen LogP contribution >= 0.6 is 11.6 Å². The first-order chi connectivity index (χ1) is 10.8. The van der Waals surface area contributed by atoms with Gasteiger partial charge in [0.05, 0.1) is 0 Å². The number of aromatic nitrogens is 1. The van der Waals surface area contributed by atoms with E-state index in [4.69, 9.17) is 17.3 Å². The van der Waals surface area contributed by atoms with Gasteiger partial charge < -0.3 is 10.6 Å². The average molecular weight is 316 g/mol. The lowest BCUT2D eigenvalue weighted by Crippen LogP contribution is -2.42. The number of hydrogen-bond acceptors (Lipinski definition) is 3. The zero-order valence-corrected chi connectivity index (χ0v) is 13.5. The van der Waals surface area contributed by atoms with Crippen molar-refractivity contribution < 1.29 is 0 Å². The highest BCUT2D eigenvalue weighted by molar-refractivity contribution is 6.34. The standard InChI is InChI=1S/C18H22ClN3/c19-18-15-2-1-3-16-17(15)13(11-21-18)8-9-22(16)14-6-4-12(10-20)5-7-14/h1-3,11-12,14H,4-10,20H2. The number of halogens is 1. The zero-order chi connectivity index (χ0) is 15.1. The number of anilines is 1. The Balaban J connectivity index is 1.72. The number of pyridine rings is 1. The minimum absolute atomic E-state index is 0.620. The summed E-state index contributed by atoms with van der Waals surface area (Å²) in [7, 11) is 0. The summed E-state index contributed by atoms with van der Waals surface area (Å²) in [5.41, 5.74) is 8.52. The molecular formula is C18H22ClN3. The molecule has 1 fully saturated rings. The monoisotopic (exact) mass is 315 g/mol. The fraction of sp³-hybridized carbons (Fsp3) is 0.500. The van der Waals surface area contributed by atoms with Gasteiger partial charge in [-0.3, -0.25) is 0 Å². The van der Waals surface area contributed by atoms with E-state index in [0.717, 1.165) is 30.8 Å². The van der Waals surface area contributed by atoms with Gasteiger partial charge in [0.15, 0.2) is 0 Å². The molecule has 2 heterocycles. The van der Waals surface area contributed by atoms with E-state index in [0.29, 0.717) is 11.2 Å². The summed E-state index contributed by atoms with van der Waals surface area (Å²) in [5, 5.41) is 3.03. The van der Waals surface area contributed by atoms with Crippen LogP contribution in [0.25, 0.3) is 10.8 Å². The van der Waals surface area contributed by atoms with Crippen LogP contribution in [0.1, 0.15) is 31.2 Å². The zero-order valence-electron chi connectivity index (χ0n) is 12.8. The maximum Gasteiger partial charge on any atom is 0.136 e. The highest BCUT2D eigenvalue weighted by atomic mass is 35.5. The second-order valence-corrected chi connectivity index (χ2v) is 6.99. The average Bonchev–Trinajstić information content (AvgIpc) is 2.58. The molecule has 2 N–H and O–H groups in total. The van der Waals surface area contributed by atoms with Crippen molar-refractivity contribution in [3.05, 3.63) is 35.1 Å². The van der Waals surface area contributed by atoms with Crippen LogP contribution in [0.3, 0.4) is 0 Å². The minimum atomic E-state index is 0.620. The van der Waals surface area contributed by atoms with Crippen molar-refractivity contribution in [1.29, 1.82) is 0 Å². The number of nitrogens with two attached hydrogens (primary N) is 1. The highest BCUT2D eigenvalue weighted by Gasteiger charge is 2.29. The van der Waals surface area contributed by atoms with Crippen LogP contribution in [0.2, 0.25) is 5.15 Å². The Hall–Kier alpha value is -1.32. The van der Waals surface area contributed by atoms with Crippen molar-refractivity contribution in [3.63, 3.8) is 0 Å². The highest BCUT2D eigenvalue weighted by Crippen LogP contribution is 2.39. The van der Waals surface area contributed by atoms with Crippen molar-refractivity contribution in [3.8, 4) is 0 Å². The lowest BCUT2D eigenvalue weighted by molar-refractivity contribution is 0.320. The van der Waals surface area contributed by atoms with E-state index < -0.39 is 0 Å². The van der Waals surface area contributed by atoms with Gasteiger partial charge in [0.1, 0.15) is 5.15 Å². The largest absolute Gasteiger partial charge is 0.368 e. The summed E-state index contributed by atoms with van der Waals surface area (Å²) in [6.07, 6.45) is 8.05. The van der Waals surface area contributed by atoms with E-state index in [2.05, 4.69) is 28.1 Å². The summed E-state index contributed by atoms with van der Waals surface area (Å²) >= 11 is 6.31. The van der Waals surface area contributed by atoms with E-state index in [-0.39, 0.29) is 0 Å². The molecule has 4 rings (SSSR count). The molecule has 1 saturated carbocycles. The first-order valence-corrected chi connectivity index (χ1v) is 8.68. The number of hydrogen-bond donors (Lipinski definition) is 1. The minimum Gasteiger partial charge on any atom is -0.368 e. The molecular weight excluding hydrogens is 294 g/mol. The number of benzene rings is 1. The lowest BCUT2D eigenvalue weighted by atomic mass is 9.84. The van der Waals surface area contributed by atoms with Crippen molar-refractivity contribution in [1.82, 2.24) is 4.98 Å². The number of nitrogens with zero attached hydrogens (tertiary/aromatic N) is 2. The molecule has 1 aliphatic carbocycles. The van der Waals surface area contributed by atoms with Gasteiger partial charge in [-0.05, 0) is 56.2 Å². The molecule has 0 spiro atoms. The summed E-state index contributed by atoms with van der Waals surface area (Å²) in [6, 6.07) is 7.09. The van der Waals surface area contributed by atoms with Gasteiger partial charge in [0, 0.05) is 35.2 Å². The maximum atomic E-state index is 6.31. The van der Waals surface area contributed by atoms with Gasteiger partial charge >= 0.3 is 0 Å². The summed E-state index contributed by atoms with van der Waals surface area (Å²) < 4.78 is 0. The fourth-order valence-electron chi connectivity index (χ4n) is 4.18. The number of rotatable bonds is 2. The molecule has 0 radical (unpaired) electrons. The van der Waals surface area contributed by atoms with Gasteiger partial charge in [-0.2, -0.15) is 0 Å². The Morgan fingerprint density at radius 1 is 1.23 bits per heavy atom. The Labute approximate surface area is 136 Å². The van der Waals surface area contributed by atoms with Crippen molar-refractivity contribution in [2.45, 2.75) is 38.1 Å². The molecule has 0 amide bonds. The molecule has 0 unspecified atom stereocenters. The molecule has 2 aromatic rings. The van der Waals surface area contributed by atoms with Crippen molar-refractivity contribution >= 4 is 28.1 Å². The first-order valence-electron chi connectivity index (χ1n) is 8.30. The van der Waals surface area contributed by atoms with Gasteiger partial charge in [-0.1, -0.05) is 23.7 Å². The van der Waals surface area contributed by atoms with E-state index in [1.807, 2.05) is 6.20 Å². The molecule has 1 aliphatic heterocycles. The molecule has 1 aromatic carbocycles. The second-order valence-electron chi connectivity index (χ2n) is 6.63. The topological polar surface area (TPSA) is 42.1 Å². The summed E-state index contributed by atoms with van der Waals surface area (Å²) in [6.45, 7) is 1.93. The Morgan fingerprint density at radius 3 is 2.82 bits per heavy atom. The van der Waals surface area contributed by atoms with Gasteiger partial charge in [-0.15, -0.1) is 0 Å². The first kappa shape index (κ1) is 14.3. The van der Waals surface area contributed by atoms with Gasteiger partial charge in [-0.25, -0.2) is 4.98 Å². The molecule has 1 aromatic heterocycles. The second kappa shape index (κ2) is 5.71. The lowest BCUT2D eigenvalue weighted by Gasteiger charge is -2.41. The third-order valence-electron chi connectivity index (χ3n) is 5.44. The predicted octanol–water partition coefficient (Wildman–Crippen LogP) is 3.77. The molecule has 0 atom stereocenters. The summed E-state index contributed by atoms with van der Waals surface area (Å²) in [4.78, 5) is 6.95.